The van der Waals surface area contributed by atoms with E-state index in [4.69, 9.17) is 9.47 Å². The molecule has 5 nitrogen and oxygen atoms in total. The van der Waals surface area contributed by atoms with Crippen LogP contribution in [-0.2, 0) is 9.53 Å². The van der Waals surface area contributed by atoms with E-state index in [1.54, 1.807) is 18.2 Å². The van der Waals surface area contributed by atoms with Crippen molar-refractivity contribution >= 4 is 11.8 Å². The second kappa shape index (κ2) is 6.16. The van der Waals surface area contributed by atoms with Crippen molar-refractivity contribution in [1.29, 1.82) is 0 Å². The Kier molecular flexibility index (Phi) is 4.50. The van der Waals surface area contributed by atoms with Crippen LogP contribution < -0.4 is 9.47 Å². The first-order chi connectivity index (χ1) is 9.91. The lowest BCUT2D eigenvalue weighted by atomic mass is 9.93. The largest absolute Gasteiger partial charge is 0.493 e. The van der Waals surface area contributed by atoms with E-state index in [0.29, 0.717) is 42.9 Å². The van der Waals surface area contributed by atoms with Gasteiger partial charge in [0.15, 0.2) is 5.78 Å². The third-order valence-electron chi connectivity index (χ3n) is 3.25. The molecule has 0 bridgehead atoms. The fourth-order valence-electron chi connectivity index (χ4n) is 2.23. The Morgan fingerprint density at radius 3 is 2.86 bits per heavy atom. The molecule has 0 saturated carbocycles. The summed E-state index contributed by atoms with van der Waals surface area (Å²) in [6.07, 6.45) is 1.28. The van der Waals surface area contributed by atoms with Crippen LogP contribution in [0.2, 0.25) is 0 Å². The molecular weight excluding hydrogens is 272 g/mol. The fraction of sp³-hybridized carbons (Fsp3) is 0.500. The molecule has 1 heterocycles. The summed E-state index contributed by atoms with van der Waals surface area (Å²) in [5.74, 6) is 1.02. The molecule has 1 aromatic rings. The lowest BCUT2D eigenvalue weighted by Crippen LogP contribution is -2.35. The molecule has 5 heteroatoms. The number of carbonyl (C=O) groups is 2. The highest BCUT2D eigenvalue weighted by Gasteiger charge is 2.32. The number of Topliss-reactive ketones (excluding diaryl/α,β-unsaturated/α-hetero) is 1. The minimum atomic E-state index is -0.492. The van der Waals surface area contributed by atoms with Crippen molar-refractivity contribution in [2.24, 2.45) is 0 Å². The number of benzene rings is 1. The highest BCUT2D eigenvalue weighted by Crippen LogP contribution is 2.35. The Morgan fingerprint density at radius 2 is 2.14 bits per heavy atom. The van der Waals surface area contributed by atoms with Crippen molar-refractivity contribution in [3.63, 3.8) is 0 Å². The van der Waals surface area contributed by atoms with Crippen molar-refractivity contribution in [3.8, 4) is 11.5 Å². The van der Waals surface area contributed by atoms with Crippen molar-refractivity contribution < 1.29 is 23.8 Å². The third-order valence-corrected chi connectivity index (χ3v) is 3.25. The number of methoxy groups -OCH3 is 1. The molecule has 0 atom stereocenters. The lowest BCUT2D eigenvalue weighted by Gasteiger charge is -2.31. The van der Waals surface area contributed by atoms with Gasteiger partial charge in [-0.3, -0.25) is 9.59 Å². The average Bonchev–Trinajstić information content (AvgIpc) is 2.41. The summed E-state index contributed by atoms with van der Waals surface area (Å²) in [5.41, 5.74) is 0.101. The summed E-state index contributed by atoms with van der Waals surface area (Å²) in [5, 5.41) is 0. The van der Waals surface area contributed by atoms with Gasteiger partial charge in [0.05, 0.1) is 25.7 Å². The number of hydrogen-bond acceptors (Lipinski definition) is 5. The van der Waals surface area contributed by atoms with Crippen LogP contribution in [0.4, 0.5) is 0 Å². The maximum Gasteiger partial charge on any atom is 0.305 e. The van der Waals surface area contributed by atoms with Crippen molar-refractivity contribution in [1.82, 2.24) is 0 Å². The zero-order chi connectivity index (χ0) is 15.5. The van der Waals surface area contributed by atoms with Crippen LogP contribution in [-0.4, -0.2) is 31.1 Å². The van der Waals surface area contributed by atoms with Gasteiger partial charge in [0.2, 0.25) is 0 Å². The first-order valence-electron chi connectivity index (χ1n) is 6.97. The lowest BCUT2D eigenvalue weighted by molar-refractivity contribution is -0.140. The zero-order valence-electron chi connectivity index (χ0n) is 12.6. The predicted molar refractivity (Wildman–Crippen MR) is 76.8 cm³/mol. The highest BCUT2D eigenvalue weighted by atomic mass is 16.5. The number of carbonyl (C=O) groups excluding carboxylic acids is 2. The van der Waals surface area contributed by atoms with E-state index >= 15 is 0 Å². The molecule has 0 aromatic heterocycles. The van der Waals surface area contributed by atoms with Gasteiger partial charge >= 0.3 is 5.97 Å². The number of hydrogen-bond donors (Lipinski definition) is 0. The number of fused-ring (bicyclic) bond motifs is 1. The maximum atomic E-state index is 12.0. The molecule has 0 unspecified atom stereocenters. The quantitative estimate of drug-likeness (QED) is 0.617. The minimum absolute atomic E-state index is 0.0819. The van der Waals surface area contributed by atoms with Crippen LogP contribution in [0.1, 0.15) is 43.5 Å². The smallest absolute Gasteiger partial charge is 0.305 e. The summed E-state index contributed by atoms with van der Waals surface area (Å²) >= 11 is 0. The molecule has 0 saturated heterocycles. The van der Waals surface area contributed by atoms with Crippen LogP contribution in [0.3, 0.4) is 0 Å². The highest BCUT2D eigenvalue weighted by molar-refractivity contribution is 6.00. The molecule has 0 radical (unpaired) electrons. The van der Waals surface area contributed by atoms with E-state index < -0.39 is 5.60 Å². The average molecular weight is 292 g/mol. The number of ether oxygens (including phenoxy) is 3. The molecular formula is C16H20O5. The molecule has 0 spiro atoms. The van der Waals surface area contributed by atoms with Gasteiger partial charge in [-0.2, -0.15) is 0 Å². The maximum absolute atomic E-state index is 12.0. The van der Waals surface area contributed by atoms with Gasteiger partial charge in [0.25, 0.3) is 0 Å². The monoisotopic (exact) mass is 292 g/mol. The van der Waals surface area contributed by atoms with E-state index in [0.717, 1.165) is 0 Å². The topological polar surface area (TPSA) is 61.8 Å². The number of rotatable bonds is 5. The molecule has 2 rings (SSSR count). The van der Waals surface area contributed by atoms with Gasteiger partial charge < -0.3 is 14.2 Å². The van der Waals surface area contributed by atoms with Crippen LogP contribution >= 0.6 is 0 Å². The van der Waals surface area contributed by atoms with E-state index in [1.165, 1.54) is 7.11 Å². The molecule has 0 N–H and O–H groups in total. The number of esters is 1. The van der Waals surface area contributed by atoms with Crippen LogP contribution in [0.25, 0.3) is 0 Å². The van der Waals surface area contributed by atoms with E-state index in [1.807, 2.05) is 13.8 Å². The molecule has 0 fully saturated rings. The molecule has 0 amide bonds. The van der Waals surface area contributed by atoms with Gasteiger partial charge in [-0.15, -0.1) is 0 Å². The van der Waals surface area contributed by atoms with Gasteiger partial charge in [-0.25, -0.2) is 0 Å². The summed E-state index contributed by atoms with van der Waals surface area (Å²) in [7, 11) is 1.36. The third kappa shape index (κ3) is 3.97. The standard InChI is InChI=1S/C16H20O5/c1-16(2)10-13(17)12-7-6-11(9-14(12)21-16)20-8-4-5-15(18)19-3/h6-7,9H,4-5,8,10H2,1-3H3. The summed E-state index contributed by atoms with van der Waals surface area (Å²) in [6.45, 7) is 4.18. The zero-order valence-corrected chi connectivity index (χ0v) is 12.6. The molecule has 1 aliphatic rings. The molecule has 1 aliphatic heterocycles. The van der Waals surface area contributed by atoms with Crippen molar-refractivity contribution in [2.45, 2.75) is 38.7 Å². The Morgan fingerprint density at radius 1 is 1.38 bits per heavy atom. The molecule has 0 aliphatic carbocycles. The Bertz CT molecular complexity index is 548. The van der Waals surface area contributed by atoms with Crippen LogP contribution in [0, 0.1) is 0 Å². The fourth-order valence-corrected chi connectivity index (χ4v) is 2.23. The Labute approximate surface area is 124 Å². The molecule has 1 aromatic carbocycles. The second-order valence-electron chi connectivity index (χ2n) is 5.65. The molecule has 21 heavy (non-hydrogen) atoms. The Hall–Kier alpha value is -2.04. The predicted octanol–water partition coefficient (Wildman–Crippen LogP) is 2.76. The SMILES string of the molecule is COC(=O)CCCOc1ccc2c(c1)OC(C)(C)CC2=O. The van der Waals surface area contributed by atoms with E-state index in [-0.39, 0.29) is 11.8 Å². The van der Waals surface area contributed by atoms with Crippen molar-refractivity contribution in [3.05, 3.63) is 23.8 Å². The number of ketones is 1. The summed E-state index contributed by atoms with van der Waals surface area (Å²) in [4.78, 5) is 23.0. The summed E-state index contributed by atoms with van der Waals surface area (Å²) in [6, 6.07) is 5.20. The Balaban J connectivity index is 1.98. The van der Waals surface area contributed by atoms with E-state index in [2.05, 4.69) is 4.74 Å². The van der Waals surface area contributed by atoms with Gasteiger partial charge in [-0.05, 0) is 32.4 Å². The van der Waals surface area contributed by atoms with Gasteiger partial charge in [0.1, 0.15) is 17.1 Å². The van der Waals surface area contributed by atoms with Gasteiger partial charge in [0, 0.05) is 12.5 Å². The van der Waals surface area contributed by atoms with E-state index in [9.17, 15) is 9.59 Å². The summed E-state index contributed by atoms with van der Waals surface area (Å²) < 4.78 is 15.9. The minimum Gasteiger partial charge on any atom is -0.493 e. The second-order valence-corrected chi connectivity index (χ2v) is 5.65. The van der Waals surface area contributed by atoms with Crippen LogP contribution in [0.15, 0.2) is 18.2 Å². The normalized spacial score (nSPS) is 15.9. The van der Waals surface area contributed by atoms with Crippen molar-refractivity contribution in [2.75, 3.05) is 13.7 Å². The van der Waals surface area contributed by atoms with Crippen LogP contribution in [0.5, 0.6) is 11.5 Å². The van der Waals surface area contributed by atoms with Gasteiger partial charge in [-0.1, -0.05) is 0 Å². The first-order valence-corrected chi connectivity index (χ1v) is 6.97. The first kappa shape index (κ1) is 15.4. The molecule has 114 valence electrons.